The summed E-state index contributed by atoms with van der Waals surface area (Å²) in [6.07, 6.45) is 0. The molecule has 3 heteroatoms. The number of carbonyl (C=O) groups is 1. The van der Waals surface area contributed by atoms with Crippen LogP contribution in [0.1, 0.15) is 17.0 Å². The topological polar surface area (TPSA) is 50.2 Å². The van der Waals surface area contributed by atoms with Crippen LogP contribution >= 0.6 is 0 Å². The lowest BCUT2D eigenvalue weighted by Gasteiger charge is -1.96. The maximum absolute atomic E-state index is 10.2. The van der Waals surface area contributed by atoms with Crippen molar-refractivity contribution in [3.63, 3.8) is 0 Å². The minimum atomic E-state index is -1.12. The number of hydrogen-bond acceptors (Lipinski definition) is 2. The molecule has 0 fully saturated rings. The third kappa shape index (κ3) is 2.96. The molecule has 1 heterocycles. The Morgan fingerprint density at radius 2 is 1.92 bits per heavy atom. The van der Waals surface area contributed by atoms with Crippen LogP contribution in [0.25, 0.3) is 0 Å². The molecule has 1 rings (SSSR count). The van der Waals surface area contributed by atoms with Crippen molar-refractivity contribution in [3.8, 4) is 11.8 Å². The lowest BCUT2D eigenvalue weighted by Crippen LogP contribution is -1.90. The molecule has 1 aromatic rings. The van der Waals surface area contributed by atoms with Crippen molar-refractivity contribution in [2.45, 2.75) is 13.8 Å². The van der Waals surface area contributed by atoms with E-state index in [1.807, 2.05) is 13.8 Å². The second-order valence-electron chi connectivity index (χ2n) is 2.69. The van der Waals surface area contributed by atoms with Gasteiger partial charge in [0.1, 0.15) is 0 Å². The number of hydrogen-bond donors (Lipinski definition) is 1. The van der Waals surface area contributed by atoms with E-state index in [1.54, 1.807) is 12.1 Å². The van der Waals surface area contributed by atoms with E-state index in [-0.39, 0.29) is 0 Å². The standard InChI is InChI=1S/C10H9NO2/c1-7-5-9(3-4-10(12)13)6-8(2)11-7/h5-6H,1-2H3,(H,12,13). The maximum Gasteiger partial charge on any atom is 0.382 e. The van der Waals surface area contributed by atoms with Gasteiger partial charge in [0.05, 0.1) is 0 Å². The fourth-order valence-electron chi connectivity index (χ4n) is 1.03. The van der Waals surface area contributed by atoms with Crippen LogP contribution in [-0.2, 0) is 4.79 Å². The van der Waals surface area contributed by atoms with Crippen LogP contribution in [-0.4, -0.2) is 16.1 Å². The molecule has 0 amide bonds. The molecule has 0 saturated heterocycles. The summed E-state index contributed by atoms with van der Waals surface area (Å²) in [4.78, 5) is 14.3. The van der Waals surface area contributed by atoms with E-state index in [4.69, 9.17) is 5.11 Å². The second-order valence-corrected chi connectivity index (χ2v) is 2.69. The molecule has 0 aromatic carbocycles. The van der Waals surface area contributed by atoms with Crippen molar-refractivity contribution in [1.29, 1.82) is 0 Å². The van der Waals surface area contributed by atoms with E-state index in [9.17, 15) is 4.79 Å². The van der Waals surface area contributed by atoms with Gasteiger partial charge in [-0.15, -0.1) is 0 Å². The molecule has 13 heavy (non-hydrogen) atoms. The molecule has 66 valence electrons. The Balaban J connectivity index is 3.04. The number of pyridine rings is 1. The minimum Gasteiger partial charge on any atom is -0.472 e. The average Bonchev–Trinajstić information content (AvgIpc) is 1.99. The number of rotatable bonds is 0. The molecule has 0 bridgehead atoms. The van der Waals surface area contributed by atoms with E-state index < -0.39 is 5.97 Å². The van der Waals surface area contributed by atoms with Crippen molar-refractivity contribution in [3.05, 3.63) is 29.1 Å². The van der Waals surface area contributed by atoms with Gasteiger partial charge in [0, 0.05) is 22.9 Å². The van der Waals surface area contributed by atoms with Gasteiger partial charge in [-0.1, -0.05) is 5.92 Å². The summed E-state index contributed by atoms with van der Waals surface area (Å²) >= 11 is 0. The molecule has 0 spiro atoms. The molecule has 0 saturated carbocycles. The summed E-state index contributed by atoms with van der Waals surface area (Å²) < 4.78 is 0. The number of carboxylic acid groups (broad SMARTS) is 1. The molecule has 1 aromatic heterocycles. The number of aromatic nitrogens is 1. The van der Waals surface area contributed by atoms with E-state index in [0.29, 0.717) is 5.56 Å². The fourth-order valence-corrected chi connectivity index (χ4v) is 1.03. The van der Waals surface area contributed by atoms with Gasteiger partial charge in [0.2, 0.25) is 0 Å². The zero-order valence-electron chi connectivity index (χ0n) is 7.46. The first kappa shape index (κ1) is 9.27. The summed E-state index contributed by atoms with van der Waals surface area (Å²) in [6.45, 7) is 3.69. The molecule has 0 radical (unpaired) electrons. The zero-order valence-corrected chi connectivity index (χ0v) is 7.46. The molecular formula is C10H9NO2. The van der Waals surface area contributed by atoms with Crippen molar-refractivity contribution in [2.24, 2.45) is 0 Å². The Kier molecular flexibility index (Phi) is 2.65. The lowest BCUT2D eigenvalue weighted by atomic mass is 10.2. The summed E-state index contributed by atoms with van der Waals surface area (Å²) in [7, 11) is 0. The van der Waals surface area contributed by atoms with Crippen LogP contribution < -0.4 is 0 Å². The average molecular weight is 175 g/mol. The lowest BCUT2D eigenvalue weighted by molar-refractivity contribution is -0.130. The van der Waals surface area contributed by atoms with E-state index in [0.717, 1.165) is 11.4 Å². The smallest absolute Gasteiger partial charge is 0.382 e. The maximum atomic E-state index is 10.2. The number of carboxylic acids is 1. The Hall–Kier alpha value is -1.82. The van der Waals surface area contributed by atoms with Crippen LogP contribution in [0.5, 0.6) is 0 Å². The molecule has 0 aliphatic rings. The van der Waals surface area contributed by atoms with Crippen LogP contribution in [0.15, 0.2) is 12.1 Å². The third-order valence-electron chi connectivity index (χ3n) is 1.40. The zero-order chi connectivity index (χ0) is 9.84. The van der Waals surface area contributed by atoms with E-state index >= 15 is 0 Å². The minimum absolute atomic E-state index is 0.687. The van der Waals surface area contributed by atoms with E-state index in [1.165, 1.54) is 0 Å². The Bertz CT molecular complexity index is 379. The summed E-state index contributed by atoms with van der Waals surface area (Å²) in [5.74, 6) is 3.47. The van der Waals surface area contributed by atoms with Gasteiger partial charge in [-0.3, -0.25) is 4.98 Å². The SMILES string of the molecule is Cc1cc(C#CC(=O)O)cc(C)n1. The van der Waals surface area contributed by atoms with E-state index in [2.05, 4.69) is 16.8 Å². The Morgan fingerprint density at radius 3 is 2.38 bits per heavy atom. The van der Waals surface area contributed by atoms with Gasteiger partial charge in [-0.25, -0.2) is 4.79 Å². The molecule has 0 aliphatic heterocycles. The molecule has 0 aliphatic carbocycles. The van der Waals surface area contributed by atoms with Crippen molar-refractivity contribution >= 4 is 5.97 Å². The molecule has 3 nitrogen and oxygen atoms in total. The van der Waals surface area contributed by atoms with Crippen molar-refractivity contribution in [2.75, 3.05) is 0 Å². The fraction of sp³-hybridized carbons (Fsp3) is 0.200. The largest absolute Gasteiger partial charge is 0.472 e. The second kappa shape index (κ2) is 3.72. The van der Waals surface area contributed by atoms with Gasteiger partial charge in [-0.05, 0) is 26.0 Å². The van der Waals surface area contributed by atoms with Crippen LogP contribution in [0.4, 0.5) is 0 Å². The van der Waals surface area contributed by atoms with Crippen LogP contribution in [0.2, 0.25) is 0 Å². The molecule has 0 atom stereocenters. The summed E-state index contributed by atoms with van der Waals surface area (Å²) in [5.41, 5.74) is 2.37. The summed E-state index contributed by atoms with van der Waals surface area (Å²) in [6, 6.07) is 3.51. The van der Waals surface area contributed by atoms with Gasteiger partial charge < -0.3 is 5.11 Å². The molecular weight excluding hydrogens is 166 g/mol. The summed E-state index contributed by atoms with van der Waals surface area (Å²) in [5, 5.41) is 8.32. The first-order valence-corrected chi connectivity index (χ1v) is 3.78. The van der Waals surface area contributed by atoms with Crippen molar-refractivity contribution < 1.29 is 9.90 Å². The number of nitrogens with zero attached hydrogens (tertiary/aromatic N) is 1. The Morgan fingerprint density at radius 1 is 1.38 bits per heavy atom. The van der Waals surface area contributed by atoms with Crippen LogP contribution in [0.3, 0.4) is 0 Å². The predicted molar refractivity (Wildman–Crippen MR) is 48.2 cm³/mol. The van der Waals surface area contributed by atoms with Gasteiger partial charge in [0.15, 0.2) is 0 Å². The quantitative estimate of drug-likeness (QED) is 0.601. The highest BCUT2D eigenvalue weighted by molar-refractivity contribution is 5.87. The highest BCUT2D eigenvalue weighted by Gasteiger charge is 1.93. The molecule has 1 N–H and O–H groups in total. The molecule has 0 unspecified atom stereocenters. The highest BCUT2D eigenvalue weighted by Crippen LogP contribution is 2.02. The van der Waals surface area contributed by atoms with Crippen LogP contribution in [0, 0.1) is 25.7 Å². The first-order chi connectivity index (χ1) is 6.08. The van der Waals surface area contributed by atoms with Gasteiger partial charge in [-0.2, -0.15) is 0 Å². The predicted octanol–water partition coefficient (Wildman–Crippen LogP) is 1.13. The van der Waals surface area contributed by atoms with Crippen molar-refractivity contribution in [1.82, 2.24) is 4.98 Å². The third-order valence-corrected chi connectivity index (χ3v) is 1.40. The van der Waals surface area contributed by atoms with Gasteiger partial charge in [0.25, 0.3) is 0 Å². The highest BCUT2D eigenvalue weighted by atomic mass is 16.4. The first-order valence-electron chi connectivity index (χ1n) is 3.78. The normalized spacial score (nSPS) is 8.77. The number of aryl methyl sites for hydroxylation is 2. The number of aliphatic carboxylic acids is 1. The van der Waals surface area contributed by atoms with Gasteiger partial charge >= 0.3 is 5.97 Å². The Labute approximate surface area is 76.4 Å². The monoisotopic (exact) mass is 175 g/mol.